The van der Waals surface area contributed by atoms with Crippen LogP contribution in [0.15, 0.2) is 12.7 Å². The van der Waals surface area contributed by atoms with E-state index >= 15 is 0 Å². The molecule has 0 aromatic carbocycles. The minimum absolute atomic E-state index is 0.487. The summed E-state index contributed by atoms with van der Waals surface area (Å²) in [6.45, 7) is 14.3. The van der Waals surface area contributed by atoms with Gasteiger partial charge in [0.1, 0.15) is 6.71 Å². The Hall–Kier alpha value is -0.195. The molecule has 0 aromatic heterocycles. The topological polar surface area (TPSA) is 0 Å². The molecule has 1 aliphatic heterocycles. The van der Waals surface area contributed by atoms with E-state index < -0.39 is 0 Å². The number of rotatable bonds is 2. The van der Waals surface area contributed by atoms with Gasteiger partial charge in [-0.05, 0) is 5.41 Å². The molecule has 0 amide bonds. The zero-order valence-corrected chi connectivity index (χ0v) is 8.98. The Bertz CT molecular complexity index is 179. The first kappa shape index (κ1) is 9.89. The molecule has 0 nitrogen and oxygen atoms in total. The maximum absolute atomic E-state index is 3.84. The Morgan fingerprint density at radius 1 is 1.33 bits per heavy atom. The molecule has 0 saturated carbocycles. The predicted molar refractivity (Wildman–Crippen MR) is 58.0 cm³/mol. The monoisotopic (exact) mass is 164 g/mol. The average molecular weight is 164 g/mol. The lowest BCUT2D eigenvalue weighted by molar-refractivity contribution is 0.278. The molecule has 0 radical (unpaired) electrons. The van der Waals surface area contributed by atoms with Crippen LogP contribution in [-0.2, 0) is 0 Å². The molecule has 1 heteroatoms. The van der Waals surface area contributed by atoms with Gasteiger partial charge in [0.15, 0.2) is 0 Å². The van der Waals surface area contributed by atoms with E-state index in [9.17, 15) is 0 Å². The Morgan fingerprint density at radius 3 is 2.25 bits per heavy atom. The van der Waals surface area contributed by atoms with Crippen LogP contribution >= 0.6 is 0 Å². The summed E-state index contributed by atoms with van der Waals surface area (Å²) >= 11 is 0. The standard InChI is InChI=1S/C11H21B/c1-6-8-12-9-7-10(2,3)11(12,4)5/h6H,1,7-9H2,2-5H3. The molecule has 0 bridgehead atoms. The molecule has 68 valence electrons. The van der Waals surface area contributed by atoms with Crippen LogP contribution in [0.25, 0.3) is 0 Å². The van der Waals surface area contributed by atoms with E-state index in [2.05, 4.69) is 40.3 Å². The van der Waals surface area contributed by atoms with Crippen molar-refractivity contribution in [2.24, 2.45) is 5.41 Å². The molecule has 0 spiro atoms. The summed E-state index contributed by atoms with van der Waals surface area (Å²) in [5.41, 5.74) is 0.515. The Labute approximate surface area is 77.5 Å². The Balaban J connectivity index is 2.77. The SMILES string of the molecule is C=CCB1CCC(C)(C)C1(C)C. The van der Waals surface area contributed by atoms with Gasteiger partial charge < -0.3 is 0 Å². The fourth-order valence-electron chi connectivity index (χ4n) is 2.38. The maximum atomic E-state index is 3.84. The highest BCUT2D eigenvalue weighted by molar-refractivity contribution is 6.63. The molecule has 0 N–H and O–H groups in total. The van der Waals surface area contributed by atoms with E-state index in [1.54, 1.807) is 0 Å². The summed E-state index contributed by atoms with van der Waals surface area (Å²) in [5, 5.41) is 0.487. The van der Waals surface area contributed by atoms with Crippen molar-refractivity contribution in [1.82, 2.24) is 0 Å². The highest BCUT2D eigenvalue weighted by Crippen LogP contribution is 2.58. The summed E-state index contributed by atoms with van der Waals surface area (Å²) in [6.07, 6.45) is 6.02. The van der Waals surface area contributed by atoms with Crippen LogP contribution < -0.4 is 0 Å². The van der Waals surface area contributed by atoms with E-state index in [0.29, 0.717) is 10.7 Å². The second-order valence-electron chi connectivity index (χ2n) is 5.37. The van der Waals surface area contributed by atoms with Crippen LogP contribution in [0.4, 0.5) is 0 Å². The average Bonchev–Trinajstić information content (AvgIpc) is 2.13. The van der Waals surface area contributed by atoms with Crippen LogP contribution in [-0.4, -0.2) is 6.71 Å². The van der Waals surface area contributed by atoms with Crippen LogP contribution in [0, 0.1) is 5.41 Å². The van der Waals surface area contributed by atoms with Gasteiger partial charge >= 0.3 is 0 Å². The molecule has 0 unspecified atom stereocenters. The zero-order valence-electron chi connectivity index (χ0n) is 8.98. The second kappa shape index (κ2) is 2.94. The van der Waals surface area contributed by atoms with Crippen LogP contribution in [0.3, 0.4) is 0 Å². The minimum atomic E-state index is 0.487. The summed E-state index contributed by atoms with van der Waals surface area (Å²) in [7, 11) is 0. The maximum Gasteiger partial charge on any atom is 0.150 e. The van der Waals surface area contributed by atoms with Crippen molar-refractivity contribution in [3.63, 3.8) is 0 Å². The molecule has 1 aliphatic rings. The summed E-state index contributed by atoms with van der Waals surface area (Å²) in [5.74, 6) is 0. The van der Waals surface area contributed by atoms with Crippen LogP contribution in [0.2, 0.25) is 18.0 Å². The first-order chi connectivity index (χ1) is 5.42. The summed E-state index contributed by atoms with van der Waals surface area (Å²) < 4.78 is 0. The molecule has 1 saturated heterocycles. The Kier molecular flexibility index (Phi) is 2.42. The lowest BCUT2D eigenvalue weighted by atomic mass is 9.31. The van der Waals surface area contributed by atoms with Crippen molar-refractivity contribution in [1.29, 1.82) is 0 Å². The van der Waals surface area contributed by atoms with Gasteiger partial charge in [0.05, 0.1) is 0 Å². The van der Waals surface area contributed by atoms with Crippen molar-refractivity contribution in [3.8, 4) is 0 Å². The van der Waals surface area contributed by atoms with Crippen molar-refractivity contribution < 1.29 is 0 Å². The van der Waals surface area contributed by atoms with Crippen molar-refractivity contribution in [2.45, 2.75) is 52.1 Å². The van der Waals surface area contributed by atoms with Gasteiger partial charge in [-0.1, -0.05) is 58.1 Å². The van der Waals surface area contributed by atoms with Crippen LogP contribution in [0.5, 0.6) is 0 Å². The zero-order chi connectivity index (χ0) is 9.41. The minimum Gasteiger partial charge on any atom is -0.104 e. The third-order valence-electron chi connectivity index (χ3n) is 4.33. The van der Waals surface area contributed by atoms with Gasteiger partial charge in [-0.3, -0.25) is 0 Å². The molecule has 0 aromatic rings. The van der Waals surface area contributed by atoms with Crippen molar-refractivity contribution >= 4 is 6.71 Å². The lowest BCUT2D eigenvalue weighted by Gasteiger charge is -2.38. The summed E-state index contributed by atoms with van der Waals surface area (Å²) in [4.78, 5) is 0. The predicted octanol–water partition coefficient (Wildman–Crippen LogP) is 3.88. The number of hydrogen-bond acceptors (Lipinski definition) is 0. The molecule has 0 aliphatic carbocycles. The van der Waals surface area contributed by atoms with Gasteiger partial charge in [-0.15, -0.1) is 6.58 Å². The largest absolute Gasteiger partial charge is 0.150 e. The second-order valence-corrected chi connectivity index (χ2v) is 5.37. The third kappa shape index (κ3) is 1.34. The summed E-state index contributed by atoms with van der Waals surface area (Å²) in [6, 6.07) is 0. The third-order valence-corrected chi connectivity index (χ3v) is 4.33. The van der Waals surface area contributed by atoms with Gasteiger partial charge in [0.2, 0.25) is 0 Å². The van der Waals surface area contributed by atoms with Gasteiger partial charge in [-0.2, -0.15) is 0 Å². The molecular weight excluding hydrogens is 143 g/mol. The Morgan fingerprint density at radius 2 is 1.92 bits per heavy atom. The molecule has 1 rings (SSSR count). The van der Waals surface area contributed by atoms with E-state index in [1.165, 1.54) is 19.1 Å². The van der Waals surface area contributed by atoms with E-state index in [0.717, 1.165) is 6.71 Å². The van der Waals surface area contributed by atoms with Crippen molar-refractivity contribution in [3.05, 3.63) is 12.7 Å². The van der Waals surface area contributed by atoms with E-state index in [4.69, 9.17) is 0 Å². The normalized spacial score (nSPS) is 25.8. The first-order valence-corrected chi connectivity index (χ1v) is 5.03. The smallest absolute Gasteiger partial charge is 0.104 e. The molecular formula is C11H21B. The van der Waals surface area contributed by atoms with Crippen LogP contribution in [0.1, 0.15) is 34.1 Å². The van der Waals surface area contributed by atoms with Gasteiger partial charge in [0.25, 0.3) is 0 Å². The fraction of sp³-hybridized carbons (Fsp3) is 0.818. The molecule has 1 heterocycles. The number of hydrogen-bond donors (Lipinski definition) is 0. The van der Waals surface area contributed by atoms with E-state index in [1.807, 2.05) is 0 Å². The highest BCUT2D eigenvalue weighted by atomic mass is 14.4. The molecule has 0 atom stereocenters. The lowest BCUT2D eigenvalue weighted by Crippen LogP contribution is -2.30. The van der Waals surface area contributed by atoms with Crippen molar-refractivity contribution in [2.75, 3.05) is 0 Å². The van der Waals surface area contributed by atoms with E-state index in [-0.39, 0.29) is 0 Å². The molecule has 1 fully saturated rings. The molecule has 12 heavy (non-hydrogen) atoms. The highest BCUT2D eigenvalue weighted by Gasteiger charge is 2.49. The quantitative estimate of drug-likeness (QED) is 0.429. The first-order valence-electron chi connectivity index (χ1n) is 5.03. The number of allylic oxidation sites excluding steroid dienone is 1. The van der Waals surface area contributed by atoms with Gasteiger partial charge in [0, 0.05) is 0 Å². The fourth-order valence-corrected chi connectivity index (χ4v) is 2.38. The van der Waals surface area contributed by atoms with Gasteiger partial charge in [-0.25, -0.2) is 0 Å².